The number of carbonyl (C=O) groups is 2. The number of imide groups is 1. The highest BCUT2D eigenvalue weighted by Crippen LogP contribution is 2.33. The van der Waals surface area contributed by atoms with Crippen LogP contribution in [-0.4, -0.2) is 11.8 Å². The second kappa shape index (κ2) is 7.16. The van der Waals surface area contributed by atoms with E-state index in [1.165, 1.54) is 4.90 Å². The summed E-state index contributed by atoms with van der Waals surface area (Å²) in [6, 6.07) is 24.4. The Hall–Kier alpha value is -3.66. The highest BCUT2D eigenvalue weighted by atomic mass is 16.2. The van der Waals surface area contributed by atoms with Gasteiger partial charge in [0.1, 0.15) is 5.70 Å². The number of nitrogens with one attached hydrogen (secondary N) is 1. The van der Waals surface area contributed by atoms with Gasteiger partial charge in [0.05, 0.1) is 11.3 Å². The number of anilines is 2. The third kappa shape index (κ3) is 3.21. The fourth-order valence-corrected chi connectivity index (χ4v) is 3.31. The molecule has 4 heteroatoms. The molecule has 0 saturated carbocycles. The fourth-order valence-electron chi connectivity index (χ4n) is 3.31. The molecule has 1 N–H and O–H groups in total. The van der Waals surface area contributed by atoms with E-state index >= 15 is 0 Å². The summed E-state index contributed by atoms with van der Waals surface area (Å²) in [6.45, 7) is 3.95. The van der Waals surface area contributed by atoms with Gasteiger partial charge in [-0.05, 0) is 49.2 Å². The third-order valence-corrected chi connectivity index (χ3v) is 4.73. The lowest BCUT2D eigenvalue weighted by Gasteiger charge is -2.15. The molecule has 0 saturated heterocycles. The van der Waals surface area contributed by atoms with Gasteiger partial charge in [-0.2, -0.15) is 0 Å². The van der Waals surface area contributed by atoms with Gasteiger partial charge in [0.15, 0.2) is 0 Å². The van der Waals surface area contributed by atoms with Gasteiger partial charge in [-0.15, -0.1) is 0 Å². The van der Waals surface area contributed by atoms with E-state index in [0.29, 0.717) is 22.5 Å². The molecule has 1 aliphatic rings. The van der Waals surface area contributed by atoms with E-state index in [1.54, 1.807) is 12.1 Å². The van der Waals surface area contributed by atoms with Crippen molar-refractivity contribution in [1.82, 2.24) is 0 Å². The zero-order valence-electron chi connectivity index (χ0n) is 15.8. The standard InChI is InChI=1S/C24H20N2O2/c1-16-11-13-20(14-12-16)26-23(27)21(18-8-4-3-5-9-18)22(24(26)28)25-19-10-6-7-17(2)15-19/h3-15,25H,1-2H3. The molecule has 0 unspecified atom stereocenters. The van der Waals surface area contributed by atoms with Gasteiger partial charge in [0.25, 0.3) is 11.8 Å². The van der Waals surface area contributed by atoms with Crippen molar-refractivity contribution in [2.24, 2.45) is 0 Å². The highest BCUT2D eigenvalue weighted by molar-refractivity contribution is 6.46. The first-order valence-corrected chi connectivity index (χ1v) is 9.13. The van der Waals surface area contributed by atoms with Crippen LogP contribution in [0.5, 0.6) is 0 Å². The Labute approximate surface area is 164 Å². The number of nitrogens with zero attached hydrogens (tertiary/aromatic N) is 1. The molecular weight excluding hydrogens is 348 g/mol. The summed E-state index contributed by atoms with van der Waals surface area (Å²) in [4.78, 5) is 27.8. The molecule has 0 spiro atoms. The molecule has 0 bridgehead atoms. The first-order chi connectivity index (χ1) is 13.5. The molecule has 3 aromatic rings. The monoisotopic (exact) mass is 368 g/mol. The van der Waals surface area contributed by atoms with Crippen molar-refractivity contribution in [3.8, 4) is 0 Å². The van der Waals surface area contributed by atoms with E-state index in [2.05, 4.69) is 5.32 Å². The fraction of sp³-hybridized carbons (Fsp3) is 0.0833. The molecule has 28 heavy (non-hydrogen) atoms. The first kappa shape index (κ1) is 17.7. The summed E-state index contributed by atoms with van der Waals surface area (Å²) in [6.07, 6.45) is 0. The predicted octanol–water partition coefficient (Wildman–Crippen LogP) is 4.70. The molecule has 2 amide bonds. The Morgan fingerprint density at radius 1 is 0.714 bits per heavy atom. The van der Waals surface area contributed by atoms with E-state index in [-0.39, 0.29) is 11.8 Å². The summed E-state index contributed by atoms with van der Waals surface area (Å²) >= 11 is 0. The molecule has 0 atom stereocenters. The third-order valence-electron chi connectivity index (χ3n) is 4.73. The molecule has 0 aromatic heterocycles. The maximum Gasteiger partial charge on any atom is 0.282 e. The molecule has 1 aliphatic heterocycles. The van der Waals surface area contributed by atoms with Gasteiger partial charge in [0.2, 0.25) is 0 Å². The molecule has 0 aliphatic carbocycles. The van der Waals surface area contributed by atoms with Crippen LogP contribution in [0, 0.1) is 13.8 Å². The highest BCUT2D eigenvalue weighted by Gasteiger charge is 2.40. The number of benzene rings is 3. The van der Waals surface area contributed by atoms with Gasteiger partial charge in [-0.3, -0.25) is 9.59 Å². The van der Waals surface area contributed by atoms with Crippen LogP contribution in [0.4, 0.5) is 11.4 Å². The maximum atomic E-state index is 13.3. The van der Waals surface area contributed by atoms with Crippen LogP contribution in [0.2, 0.25) is 0 Å². The summed E-state index contributed by atoms with van der Waals surface area (Å²) in [5.41, 5.74) is 4.86. The Morgan fingerprint density at radius 3 is 2.11 bits per heavy atom. The second-order valence-electron chi connectivity index (χ2n) is 6.89. The Bertz CT molecular complexity index is 1080. The molecule has 138 valence electrons. The molecule has 4 rings (SSSR count). The van der Waals surface area contributed by atoms with Crippen LogP contribution < -0.4 is 10.2 Å². The number of hydrogen-bond donors (Lipinski definition) is 1. The normalized spacial score (nSPS) is 14.0. The number of amides is 2. The van der Waals surface area contributed by atoms with Gasteiger partial charge in [0, 0.05) is 5.69 Å². The van der Waals surface area contributed by atoms with E-state index in [9.17, 15) is 9.59 Å². The van der Waals surface area contributed by atoms with Gasteiger partial charge < -0.3 is 5.32 Å². The summed E-state index contributed by atoms with van der Waals surface area (Å²) in [5.74, 6) is -0.676. The molecule has 1 heterocycles. The topological polar surface area (TPSA) is 49.4 Å². The Morgan fingerprint density at radius 2 is 1.43 bits per heavy atom. The molecule has 0 fully saturated rings. The second-order valence-corrected chi connectivity index (χ2v) is 6.89. The van der Waals surface area contributed by atoms with Crippen LogP contribution in [-0.2, 0) is 9.59 Å². The van der Waals surface area contributed by atoms with Crippen molar-refractivity contribution >= 4 is 28.8 Å². The van der Waals surface area contributed by atoms with E-state index in [4.69, 9.17) is 0 Å². The lowest BCUT2D eigenvalue weighted by molar-refractivity contribution is -0.120. The van der Waals surface area contributed by atoms with Crippen molar-refractivity contribution in [2.45, 2.75) is 13.8 Å². The minimum atomic E-state index is -0.353. The largest absolute Gasteiger partial charge is 0.350 e. The average molecular weight is 368 g/mol. The number of hydrogen-bond acceptors (Lipinski definition) is 3. The van der Waals surface area contributed by atoms with Crippen molar-refractivity contribution < 1.29 is 9.59 Å². The number of carbonyl (C=O) groups excluding carboxylic acids is 2. The summed E-state index contributed by atoms with van der Waals surface area (Å²) in [7, 11) is 0. The van der Waals surface area contributed by atoms with E-state index < -0.39 is 0 Å². The molecular formula is C24H20N2O2. The van der Waals surface area contributed by atoms with Crippen LogP contribution in [0.3, 0.4) is 0 Å². The molecule has 4 nitrogen and oxygen atoms in total. The number of aryl methyl sites for hydroxylation is 2. The summed E-state index contributed by atoms with van der Waals surface area (Å²) in [5, 5.41) is 3.19. The minimum absolute atomic E-state index is 0.294. The Balaban J connectivity index is 1.81. The Kier molecular flexibility index (Phi) is 4.53. The van der Waals surface area contributed by atoms with E-state index in [1.807, 2.05) is 80.6 Å². The van der Waals surface area contributed by atoms with Crippen molar-refractivity contribution in [2.75, 3.05) is 10.2 Å². The van der Waals surface area contributed by atoms with E-state index in [0.717, 1.165) is 16.8 Å². The maximum absolute atomic E-state index is 13.3. The van der Waals surface area contributed by atoms with Gasteiger partial charge in [-0.1, -0.05) is 60.2 Å². The lowest BCUT2D eigenvalue weighted by atomic mass is 10.0. The molecule has 3 aromatic carbocycles. The van der Waals surface area contributed by atoms with Crippen LogP contribution in [0.15, 0.2) is 84.6 Å². The zero-order chi connectivity index (χ0) is 19.7. The average Bonchev–Trinajstić information content (AvgIpc) is 2.93. The van der Waals surface area contributed by atoms with Gasteiger partial charge in [-0.25, -0.2) is 4.90 Å². The van der Waals surface area contributed by atoms with Gasteiger partial charge >= 0.3 is 0 Å². The van der Waals surface area contributed by atoms with Crippen LogP contribution in [0.25, 0.3) is 5.57 Å². The lowest BCUT2D eigenvalue weighted by Crippen LogP contribution is -2.32. The van der Waals surface area contributed by atoms with Crippen molar-refractivity contribution in [1.29, 1.82) is 0 Å². The number of rotatable bonds is 4. The first-order valence-electron chi connectivity index (χ1n) is 9.13. The SMILES string of the molecule is Cc1ccc(N2C(=O)C(Nc3cccc(C)c3)=C(c3ccccc3)C2=O)cc1. The minimum Gasteiger partial charge on any atom is -0.350 e. The molecule has 0 radical (unpaired) electrons. The smallest absolute Gasteiger partial charge is 0.282 e. The van der Waals surface area contributed by atoms with Crippen molar-refractivity contribution in [3.63, 3.8) is 0 Å². The predicted molar refractivity (Wildman–Crippen MR) is 112 cm³/mol. The van der Waals surface area contributed by atoms with Crippen LogP contribution in [0.1, 0.15) is 16.7 Å². The van der Waals surface area contributed by atoms with Crippen molar-refractivity contribution in [3.05, 3.63) is 101 Å². The summed E-state index contributed by atoms with van der Waals surface area (Å²) < 4.78 is 0. The van der Waals surface area contributed by atoms with Crippen LogP contribution >= 0.6 is 0 Å². The zero-order valence-corrected chi connectivity index (χ0v) is 15.8. The quantitative estimate of drug-likeness (QED) is 0.679.